The van der Waals surface area contributed by atoms with Crippen molar-refractivity contribution < 1.29 is 29.0 Å². The molecule has 1 heterocycles. The summed E-state index contributed by atoms with van der Waals surface area (Å²) in [5, 5.41) is 10.8. The normalized spacial score (nSPS) is 29.4. The van der Waals surface area contributed by atoms with Crippen LogP contribution in [0.25, 0.3) is 0 Å². The lowest BCUT2D eigenvalue weighted by Crippen LogP contribution is -2.39. The molecule has 0 spiro atoms. The maximum absolute atomic E-state index is 13.3. The average molecular weight is 433 g/mol. The van der Waals surface area contributed by atoms with Gasteiger partial charge in [-0.25, -0.2) is 0 Å². The summed E-state index contributed by atoms with van der Waals surface area (Å²) in [4.78, 5) is 53.2. The van der Waals surface area contributed by atoms with Crippen LogP contribution in [-0.2, 0) is 19.2 Å². The number of benzene rings is 1. The van der Waals surface area contributed by atoms with Gasteiger partial charge in [-0.2, -0.15) is 0 Å². The van der Waals surface area contributed by atoms with Crippen molar-refractivity contribution in [2.75, 3.05) is 14.2 Å². The zero-order valence-corrected chi connectivity index (χ0v) is 18.0. The minimum atomic E-state index is -0.727. The highest BCUT2D eigenvalue weighted by molar-refractivity contribution is 6.24. The third-order valence-electron chi connectivity index (χ3n) is 7.34. The number of rotatable bonds is 2. The predicted molar refractivity (Wildman–Crippen MR) is 114 cm³/mol. The molecule has 4 aliphatic rings. The first-order valence-corrected chi connectivity index (χ1v) is 10.6. The Morgan fingerprint density at radius 2 is 1.84 bits per heavy atom. The summed E-state index contributed by atoms with van der Waals surface area (Å²) in [5.41, 5.74) is 2.22. The molecule has 3 aliphatic carbocycles. The fourth-order valence-corrected chi connectivity index (χ4v) is 5.85. The molecule has 4 atom stereocenters. The van der Waals surface area contributed by atoms with Crippen molar-refractivity contribution in [3.63, 3.8) is 0 Å². The monoisotopic (exact) mass is 433 g/mol. The van der Waals surface area contributed by atoms with Crippen LogP contribution in [-0.4, -0.2) is 47.5 Å². The van der Waals surface area contributed by atoms with Gasteiger partial charge in [0.2, 0.25) is 11.8 Å². The second-order valence-corrected chi connectivity index (χ2v) is 8.86. The molecule has 0 saturated carbocycles. The number of carbonyl (C=O) groups excluding carboxylic acids is 4. The van der Waals surface area contributed by atoms with Crippen molar-refractivity contribution in [2.45, 2.75) is 25.7 Å². The van der Waals surface area contributed by atoms with E-state index in [-0.39, 0.29) is 35.6 Å². The van der Waals surface area contributed by atoms with Gasteiger partial charge in [0.05, 0.1) is 18.9 Å². The molecule has 0 radical (unpaired) electrons. The number of ether oxygens (including phenoxy) is 1. The molecule has 164 valence electrons. The van der Waals surface area contributed by atoms with Crippen LogP contribution in [0.15, 0.2) is 52.6 Å². The number of hydrogen-bond donors (Lipinski definition) is 1. The highest BCUT2D eigenvalue weighted by Gasteiger charge is 2.55. The summed E-state index contributed by atoms with van der Waals surface area (Å²) >= 11 is 0. The largest absolute Gasteiger partial charge is 0.507 e. The molecule has 1 saturated heterocycles. The van der Waals surface area contributed by atoms with Gasteiger partial charge in [-0.3, -0.25) is 24.1 Å². The lowest BCUT2D eigenvalue weighted by atomic mass is 9.59. The van der Waals surface area contributed by atoms with Gasteiger partial charge in [-0.05, 0) is 43.9 Å². The quantitative estimate of drug-likeness (QED) is 0.437. The van der Waals surface area contributed by atoms with Crippen LogP contribution in [0.4, 0.5) is 0 Å². The highest BCUT2D eigenvalue weighted by atomic mass is 16.5. The topological polar surface area (TPSA) is 101 Å². The first kappa shape index (κ1) is 20.4. The van der Waals surface area contributed by atoms with Crippen LogP contribution >= 0.6 is 0 Å². The van der Waals surface area contributed by atoms with Gasteiger partial charge in [0.15, 0.2) is 11.6 Å². The molecule has 7 heteroatoms. The Morgan fingerprint density at radius 1 is 1.09 bits per heavy atom. The van der Waals surface area contributed by atoms with Crippen molar-refractivity contribution >= 4 is 23.4 Å². The van der Waals surface area contributed by atoms with E-state index >= 15 is 0 Å². The van der Waals surface area contributed by atoms with Crippen LogP contribution in [0.5, 0.6) is 11.5 Å². The number of fused-ring (bicyclic) bond motifs is 3. The SMILES string of the molecule is COc1cccc(O)c1[C@H]1C2=CC[C@@H]3C(=O)N(C)C(=O)[C@@H]3[C@@H]2CC2=C1C(=O)C(C)=CC2=O. The van der Waals surface area contributed by atoms with Crippen LogP contribution in [0.2, 0.25) is 0 Å². The molecule has 2 amide bonds. The average Bonchev–Trinajstić information content (AvgIpc) is 3.00. The van der Waals surface area contributed by atoms with Gasteiger partial charge >= 0.3 is 0 Å². The maximum atomic E-state index is 13.3. The lowest BCUT2D eigenvalue weighted by molar-refractivity contribution is -0.138. The van der Waals surface area contributed by atoms with Gasteiger partial charge < -0.3 is 9.84 Å². The van der Waals surface area contributed by atoms with E-state index in [0.717, 1.165) is 5.57 Å². The molecular weight excluding hydrogens is 410 g/mol. The zero-order chi connectivity index (χ0) is 22.9. The van der Waals surface area contributed by atoms with Crippen molar-refractivity contribution in [1.82, 2.24) is 4.90 Å². The molecule has 1 aliphatic heterocycles. The molecule has 1 aromatic carbocycles. The summed E-state index contributed by atoms with van der Waals surface area (Å²) < 4.78 is 5.52. The Labute approximate surface area is 185 Å². The number of hydrogen-bond acceptors (Lipinski definition) is 6. The number of phenolic OH excluding ortho intramolecular Hbond substituents is 1. The Balaban J connectivity index is 1.77. The summed E-state index contributed by atoms with van der Waals surface area (Å²) in [6.45, 7) is 1.61. The molecule has 1 N–H and O–H groups in total. The van der Waals surface area contributed by atoms with E-state index in [0.29, 0.717) is 34.5 Å². The molecule has 5 rings (SSSR count). The second-order valence-electron chi connectivity index (χ2n) is 8.86. The number of phenols is 1. The van der Waals surface area contributed by atoms with E-state index in [9.17, 15) is 24.3 Å². The molecule has 0 unspecified atom stereocenters. The van der Waals surface area contributed by atoms with Crippen molar-refractivity contribution in [3.8, 4) is 11.5 Å². The summed E-state index contributed by atoms with van der Waals surface area (Å²) in [5.74, 6) is -2.84. The molecule has 7 nitrogen and oxygen atoms in total. The van der Waals surface area contributed by atoms with Crippen LogP contribution in [0.1, 0.15) is 31.2 Å². The Morgan fingerprint density at radius 3 is 2.56 bits per heavy atom. The number of likely N-dealkylation sites (tertiary alicyclic amines) is 1. The van der Waals surface area contributed by atoms with E-state index in [1.54, 1.807) is 19.1 Å². The third kappa shape index (κ3) is 2.60. The Hall–Kier alpha value is -3.48. The summed E-state index contributed by atoms with van der Waals surface area (Å²) in [6.07, 6.45) is 3.85. The fraction of sp³-hybridized carbons (Fsp3) is 0.360. The molecule has 0 aromatic heterocycles. The first-order valence-electron chi connectivity index (χ1n) is 10.6. The number of imide groups is 1. The Bertz CT molecular complexity index is 1200. The molecule has 32 heavy (non-hydrogen) atoms. The number of Topliss-reactive ketones (excluding diaryl/α,β-unsaturated/α-hetero) is 1. The smallest absolute Gasteiger partial charge is 0.233 e. The van der Waals surface area contributed by atoms with E-state index in [1.807, 2.05) is 6.08 Å². The van der Waals surface area contributed by atoms with Crippen LogP contribution in [0, 0.1) is 17.8 Å². The standard InChI is InChI=1S/C25H23NO6/c1-11-9-17(28)15-10-14-12(7-8-13-19(14)25(31)26(2)24(13)30)20(21(15)23(11)29)22-16(27)5-4-6-18(22)32-3/h4-7,9,13-14,19-20,27H,8,10H2,1-3H3/t13-,14+,19-,20-/m0/s1. The number of allylic oxidation sites excluding steroid dienone is 6. The van der Waals surface area contributed by atoms with E-state index in [2.05, 4.69) is 0 Å². The molecule has 1 fully saturated rings. The number of methoxy groups -OCH3 is 1. The maximum Gasteiger partial charge on any atom is 0.233 e. The van der Waals surface area contributed by atoms with E-state index in [1.165, 1.54) is 31.2 Å². The van der Waals surface area contributed by atoms with Gasteiger partial charge in [0.25, 0.3) is 0 Å². The molecule has 1 aromatic rings. The van der Waals surface area contributed by atoms with Crippen molar-refractivity contribution in [1.29, 1.82) is 0 Å². The number of aromatic hydroxyl groups is 1. The van der Waals surface area contributed by atoms with E-state index < -0.39 is 23.7 Å². The number of amides is 2. The number of carbonyl (C=O) groups is 4. The minimum absolute atomic E-state index is 0.0525. The van der Waals surface area contributed by atoms with Gasteiger partial charge in [-0.15, -0.1) is 0 Å². The van der Waals surface area contributed by atoms with Crippen LogP contribution in [0.3, 0.4) is 0 Å². The highest BCUT2D eigenvalue weighted by Crippen LogP contribution is 2.57. The predicted octanol–water partition coefficient (Wildman–Crippen LogP) is 2.46. The van der Waals surface area contributed by atoms with Crippen LogP contribution < -0.4 is 4.74 Å². The fourth-order valence-electron chi connectivity index (χ4n) is 5.85. The lowest BCUT2D eigenvalue weighted by Gasteiger charge is -2.42. The zero-order valence-electron chi connectivity index (χ0n) is 18.0. The van der Waals surface area contributed by atoms with Crippen molar-refractivity contribution in [2.24, 2.45) is 17.8 Å². The molecular formula is C25H23NO6. The summed E-state index contributed by atoms with van der Waals surface area (Å²) in [6, 6.07) is 4.86. The summed E-state index contributed by atoms with van der Waals surface area (Å²) in [7, 11) is 2.97. The minimum Gasteiger partial charge on any atom is -0.507 e. The van der Waals surface area contributed by atoms with Crippen molar-refractivity contribution in [3.05, 3.63) is 58.2 Å². The number of nitrogens with zero attached hydrogens (tertiary/aromatic N) is 1. The van der Waals surface area contributed by atoms with Gasteiger partial charge in [-0.1, -0.05) is 17.7 Å². The van der Waals surface area contributed by atoms with E-state index in [4.69, 9.17) is 4.74 Å². The third-order valence-corrected chi connectivity index (χ3v) is 7.34. The second kappa shape index (κ2) is 7.02. The van der Waals surface area contributed by atoms with Gasteiger partial charge in [0.1, 0.15) is 11.5 Å². The number of ketones is 2. The first-order chi connectivity index (χ1) is 15.3. The Kier molecular flexibility index (Phi) is 4.48. The van der Waals surface area contributed by atoms with Gasteiger partial charge in [0, 0.05) is 35.2 Å². The molecule has 0 bridgehead atoms.